The lowest BCUT2D eigenvalue weighted by Crippen LogP contribution is -1.95. The van der Waals surface area contributed by atoms with Gasteiger partial charge in [0, 0.05) is 30.9 Å². The molecule has 0 aliphatic carbocycles. The van der Waals surface area contributed by atoms with Gasteiger partial charge in [-0.25, -0.2) is 4.39 Å². The molecule has 0 saturated heterocycles. The Morgan fingerprint density at radius 3 is 2.55 bits per heavy atom. The number of ether oxygens (including phenoxy) is 1. The molecular weight excluding hydrogens is 263 g/mol. The van der Waals surface area contributed by atoms with E-state index < -0.39 is 4.92 Å². The zero-order valence-electron chi connectivity index (χ0n) is 11.0. The van der Waals surface area contributed by atoms with Crippen LogP contribution in [0.25, 0.3) is 0 Å². The molecule has 0 heterocycles. The van der Waals surface area contributed by atoms with E-state index in [-0.39, 0.29) is 23.0 Å². The van der Waals surface area contributed by atoms with Gasteiger partial charge in [-0.05, 0) is 18.6 Å². The number of nitrogens with zero attached hydrogens (tertiary/aromatic N) is 1. The summed E-state index contributed by atoms with van der Waals surface area (Å²) in [6.45, 7) is 1.64. The average Bonchev–Trinajstić information content (AvgIpc) is 2.42. The molecule has 0 atom stereocenters. The van der Waals surface area contributed by atoms with E-state index in [1.54, 1.807) is 32.2 Å². The van der Waals surface area contributed by atoms with Crippen LogP contribution in [0.15, 0.2) is 36.4 Å². The van der Waals surface area contributed by atoms with E-state index in [0.717, 1.165) is 0 Å². The minimum atomic E-state index is -0.510. The predicted octanol–water partition coefficient (Wildman–Crippen LogP) is 3.88. The molecule has 5 nitrogen and oxygen atoms in total. The van der Waals surface area contributed by atoms with Crippen molar-refractivity contribution in [1.82, 2.24) is 0 Å². The van der Waals surface area contributed by atoms with Gasteiger partial charge in [0.2, 0.25) is 0 Å². The van der Waals surface area contributed by atoms with Crippen LogP contribution in [-0.2, 0) is 0 Å². The maximum absolute atomic E-state index is 13.4. The summed E-state index contributed by atoms with van der Waals surface area (Å²) in [5.74, 6) is 0.171. The molecule has 0 saturated carbocycles. The maximum Gasteiger partial charge on any atom is 0.275 e. The Morgan fingerprint density at radius 1 is 1.20 bits per heavy atom. The van der Waals surface area contributed by atoms with E-state index in [1.165, 1.54) is 18.2 Å². The van der Waals surface area contributed by atoms with Gasteiger partial charge in [-0.15, -0.1) is 0 Å². The summed E-state index contributed by atoms with van der Waals surface area (Å²) < 4.78 is 18.9. The Hall–Kier alpha value is -2.63. The Labute approximate surface area is 115 Å². The van der Waals surface area contributed by atoms with Gasteiger partial charge in [-0.3, -0.25) is 10.1 Å². The van der Waals surface area contributed by atoms with Crippen molar-refractivity contribution in [3.05, 3.63) is 57.9 Å². The van der Waals surface area contributed by atoms with Crippen molar-refractivity contribution in [3.8, 4) is 11.5 Å². The molecule has 20 heavy (non-hydrogen) atoms. The molecule has 0 spiro atoms. The second-order valence-electron chi connectivity index (χ2n) is 4.24. The van der Waals surface area contributed by atoms with Crippen molar-refractivity contribution in [2.24, 2.45) is 0 Å². The number of rotatable bonds is 4. The van der Waals surface area contributed by atoms with Gasteiger partial charge in [0.15, 0.2) is 0 Å². The number of nitro groups is 1. The van der Waals surface area contributed by atoms with Crippen LogP contribution < -0.4 is 10.1 Å². The fraction of sp³-hybridized carbons (Fsp3) is 0.143. The summed E-state index contributed by atoms with van der Waals surface area (Å²) in [6, 6.07) is 8.72. The summed E-state index contributed by atoms with van der Waals surface area (Å²) in [4.78, 5) is 10.3. The molecule has 0 unspecified atom stereocenters. The number of nitro benzene ring substituents is 1. The van der Waals surface area contributed by atoms with Crippen molar-refractivity contribution in [1.29, 1.82) is 0 Å². The molecular formula is C14H13FN2O3. The molecule has 1 N–H and O–H groups in total. The predicted molar refractivity (Wildman–Crippen MR) is 73.9 cm³/mol. The topological polar surface area (TPSA) is 64.4 Å². The molecule has 0 fully saturated rings. The highest BCUT2D eigenvalue weighted by molar-refractivity contribution is 5.56. The number of aryl methyl sites for hydroxylation is 1. The summed E-state index contributed by atoms with van der Waals surface area (Å²) in [5, 5.41) is 13.6. The van der Waals surface area contributed by atoms with E-state index in [4.69, 9.17) is 4.74 Å². The van der Waals surface area contributed by atoms with E-state index in [9.17, 15) is 14.5 Å². The monoisotopic (exact) mass is 276 g/mol. The van der Waals surface area contributed by atoms with E-state index in [2.05, 4.69) is 5.32 Å². The largest absolute Gasteiger partial charge is 0.457 e. The first-order valence-electron chi connectivity index (χ1n) is 5.91. The van der Waals surface area contributed by atoms with Crippen LogP contribution in [0.2, 0.25) is 0 Å². The molecule has 2 aromatic carbocycles. The number of benzene rings is 2. The number of halogens is 1. The molecule has 0 aromatic heterocycles. The highest BCUT2D eigenvalue weighted by Gasteiger charge is 2.11. The van der Waals surface area contributed by atoms with Crippen LogP contribution in [0, 0.1) is 22.9 Å². The maximum atomic E-state index is 13.4. The molecule has 0 amide bonds. The second-order valence-corrected chi connectivity index (χ2v) is 4.24. The Kier molecular flexibility index (Phi) is 3.84. The lowest BCUT2D eigenvalue weighted by Gasteiger charge is -2.08. The van der Waals surface area contributed by atoms with E-state index in [1.807, 2.05) is 0 Å². The smallest absolute Gasteiger partial charge is 0.275 e. The van der Waals surface area contributed by atoms with Crippen LogP contribution in [0.5, 0.6) is 11.5 Å². The first-order chi connectivity index (χ1) is 9.49. The minimum absolute atomic E-state index is 0.0977. The first kappa shape index (κ1) is 13.8. The van der Waals surface area contributed by atoms with Gasteiger partial charge in [-0.2, -0.15) is 0 Å². The quantitative estimate of drug-likeness (QED) is 0.680. The number of nitrogens with one attached hydrogen (secondary N) is 1. The summed E-state index contributed by atoms with van der Waals surface area (Å²) in [5.41, 5.74) is 0.952. The summed E-state index contributed by atoms with van der Waals surface area (Å²) in [6.07, 6.45) is 0. The summed E-state index contributed by atoms with van der Waals surface area (Å²) >= 11 is 0. The van der Waals surface area contributed by atoms with Crippen molar-refractivity contribution in [3.63, 3.8) is 0 Å². The third-order valence-electron chi connectivity index (χ3n) is 2.77. The highest BCUT2D eigenvalue weighted by Crippen LogP contribution is 2.30. The van der Waals surface area contributed by atoms with Crippen LogP contribution in [0.4, 0.5) is 15.8 Å². The van der Waals surface area contributed by atoms with Gasteiger partial charge in [0.1, 0.15) is 17.3 Å². The number of non-ortho nitro benzene ring substituents is 1. The van der Waals surface area contributed by atoms with Crippen molar-refractivity contribution < 1.29 is 14.1 Å². The molecule has 104 valence electrons. The number of hydrogen-bond donors (Lipinski definition) is 1. The highest BCUT2D eigenvalue weighted by atomic mass is 19.1. The molecule has 0 aliphatic heterocycles. The van der Waals surface area contributed by atoms with Gasteiger partial charge in [-0.1, -0.05) is 6.07 Å². The normalized spacial score (nSPS) is 10.2. The van der Waals surface area contributed by atoms with Crippen LogP contribution in [0.3, 0.4) is 0 Å². The summed E-state index contributed by atoms with van der Waals surface area (Å²) in [7, 11) is 1.65. The van der Waals surface area contributed by atoms with E-state index in [0.29, 0.717) is 11.3 Å². The first-order valence-corrected chi connectivity index (χ1v) is 5.91. The van der Waals surface area contributed by atoms with Crippen molar-refractivity contribution >= 4 is 11.4 Å². The Morgan fingerprint density at radius 2 is 1.95 bits per heavy atom. The third-order valence-corrected chi connectivity index (χ3v) is 2.77. The number of hydrogen-bond acceptors (Lipinski definition) is 4. The van der Waals surface area contributed by atoms with Gasteiger partial charge in [0.05, 0.1) is 11.0 Å². The molecule has 2 rings (SSSR count). The van der Waals surface area contributed by atoms with Crippen molar-refractivity contribution in [2.45, 2.75) is 6.92 Å². The molecule has 2 aromatic rings. The van der Waals surface area contributed by atoms with Crippen molar-refractivity contribution in [2.75, 3.05) is 12.4 Å². The van der Waals surface area contributed by atoms with Crippen LogP contribution >= 0.6 is 0 Å². The zero-order chi connectivity index (χ0) is 14.7. The number of anilines is 1. The van der Waals surface area contributed by atoms with Crippen LogP contribution in [0.1, 0.15) is 5.56 Å². The fourth-order valence-corrected chi connectivity index (χ4v) is 1.67. The second kappa shape index (κ2) is 5.56. The standard InChI is InChI=1S/C14H13FN2O3/c1-9-3-4-12(8-14(9)15)20-13-6-10(16-2)5-11(7-13)17(18)19/h3-8,16H,1-2H3. The van der Waals surface area contributed by atoms with Gasteiger partial charge in [0.25, 0.3) is 5.69 Å². The molecule has 0 radical (unpaired) electrons. The molecule has 6 heteroatoms. The fourth-order valence-electron chi connectivity index (χ4n) is 1.67. The SMILES string of the molecule is CNc1cc(Oc2ccc(C)c(F)c2)cc([N+](=O)[O-])c1. The minimum Gasteiger partial charge on any atom is -0.457 e. The molecule has 0 bridgehead atoms. The van der Waals surface area contributed by atoms with Crippen LogP contribution in [-0.4, -0.2) is 12.0 Å². The average molecular weight is 276 g/mol. The van der Waals surface area contributed by atoms with Gasteiger partial charge >= 0.3 is 0 Å². The van der Waals surface area contributed by atoms with Gasteiger partial charge < -0.3 is 10.1 Å². The lowest BCUT2D eigenvalue weighted by molar-refractivity contribution is -0.384. The third kappa shape index (κ3) is 3.03. The zero-order valence-corrected chi connectivity index (χ0v) is 11.0. The van der Waals surface area contributed by atoms with E-state index >= 15 is 0 Å². The molecule has 0 aliphatic rings. The Balaban J connectivity index is 2.34. The Bertz CT molecular complexity index is 659. The lowest BCUT2D eigenvalue weighted by atomic mass is 10.2.